The first-order chi connectivity index (χ1) is 19.5. The van der Waals surface area contributed by atoms with Crippen LogP contribution >= 0.6 is 0 Å². The highest BCUT2D eigenvalue weighted by atomic mass is 16.2. The fourth-order valence-corrected chi connectivity index (χ4v) is 6.46. The highest BCUT2D eigenvalue weighted by Crippen LogP contribution is 2.54. The molecule has 4 heteroatoms. The first-order valence-electron chi connectivity index (χ1n) is 14.4. The van der Waals surface area contributed by atoms with E-state index in [1.165, 1.54) is 28.1 Å². The van der Waals surface area contributed by atoms with E-state index < -0.39 is 0 Å². The van der Waals surface area contributed by atoms with Gasteiger partial charge in [0.1, 0.15) is 7.85 Å². The number of nitrogens with zero attached hydrogens (tertiary/aromatic N) is 1. The number of carbonyl (C=O) groups is 2. The maximum atomic E-state index is 13.2. The summed E-state index contributed by atoms with van der Waals surface area (Å²) in [7, 11) is 5.91. The van der Waals surface area contributed by atoms with Crippen molar-refractivity contribution in [1.29, 1.82) is 0 Å². The van der Waals surface area contributed by atoms with Crippen molar-refractivity contribution in [1.82, 2.24) is 0 Å². The minimum absolute atomic E-state index is 0.184. The third-order valence-corrected chi connectivity index (χ3v) is 8.65. The highest BCUT2D eigenvalue weighted by Gasteiger charge is 2.39. The van der Waals surface area contributed by atoms with E-state index in [-0.39, 0.29) is 22.6 Å². The number of carbonyl (C=O) groups excluding carboxylic acids is 2. The van der Waals surface area contributed by atoms with Gasteiger partial charge in [0, 0.05) is 16.5 Å². The van der Waals surface area contributed by atoms with Gasteiger partial charge in [0.15, 0.2) is 11.6 Å². The van der Waals surface area contributed by atoms with Gasteiger partial charge in [-0.2, -0.15) is 0 Å². The largest absolute Gasteiger partial charge is 0.309 e. The van der Waals surface area contributed by atoms with Crippen molar-refractivity contribution in [2.24, 2.45) is 0 Å². The van der Waals surface area contributed by atoms with Gasteiger partial charge in [0.25, 0.3) is 0 Å². The van der Waals surface area contributed by atoms with Crippen molar-refractivity contribution in [2.75, 3.05) is 4.90 Å². The zero-order valence-electron chi connectivity index (χ0n) is 24.6. The molecule has 4 aromatic carbocycles. The van der Waals surface area contributed by atoms with Crippen molar-refractivity contribution in [2.45, 2.75) is 58.8 Å². The number of fused-ring (bicyclic) bond motifs is 3. The molecule has 0 saturated heterocycles. The molecule has 0 atom stereocenters. The lowest BCUT2D eigenvalue weighted by atomic mass is 9.72. The molecular weight excluding hydrogens is 501 g/mol. The number of Topliss-reactive ketones (excluding diaryl/α,β-unsaturated/α-hetero) is 2. The fourth-order valence-electron chi connectivity index (χ4n) is 6.46. The molecule has 0 saturated carbocycles. The van der Waals surface area contributed by atoms with E-state index in [0.717, 1.165) is 16.8 Å². The molecule has 202 valence electrons. The van der Waals surface area contributed by atoms with E-state index in [4.69, 9.17) is 7.85 Å². The number of hydrogen-bond acceptors (Lipinski definition) is 3. The molecule has 0 N–H and O–H groups in total. The van der Waals surface area contributed by atoms with Crippen LogP contribution in [0.1, 0.15) is 102 Å². The highest BCUT2D eigenvalue weighted by molar-refractivity contribution is 6.43. The summed E-state index contributed by atoms with van der Waals surface area (Å²) in [5, 5.41) is 0. The van der Waals surface area contributed by atoms with Crippen LogP contribution in [0.3, 0.4) is 0 Å². The second kappa shape index (κ2) is 9.73. The summed E-state index contributed by atoms with van der Waals surface area (Å²) in [4.78, 5) is 28.9. The van der Waals surface area contributed by atoms with E-state index >= 15 is 0 Å². The molecule has 2 radical (unpaired) electrons. The standard InChI is InChI=1S/C37H34BNO2/c1-21(2)25-10-9-11-26(22(3)4)34(25)39-32-13-8-7-12-30(32)37(5,6)31-19-23(14-17-33(31)39)18-29-35(40)27-16-15-24(38)20-28(27)36(29)41/h7-22H,1-6H3/b29-18-. The van der Waals surface area contributed by atoms with Gasteiger partial charge in [-0.3, -0.25) is 9.59 Å². The minimum Gasteiger partial charge on any atom is -0.309 e. The van der Waals surface area contributed by atoms with Crippen LogP contribution in [0.15, 0.2) is 84.4 Å². The van der Waals surface area contributed by atoms with Crippen LogP contribution in [0.25, 0.3) is 6.08 Å². The van der Waals surface area contributed by atoms with Crippen LogP contribution in [0.4, 0.5) is 17.1 Å². The first kappa shape index (κ1) is 27.0. The maximum absolute atomic E-state index is 13.2. The topological polar surface area (TPSA) is 37.4 Å². The van der Waals surface area contributed by atoms with E-state index in [9.17, 15) is 9.59 Å². The van der Waals surface area contributed by atoms with Crippen LogP contribution in [0.5, 0.6) is 0 Å². The van der Waals surface area contributed by atoms with Gasteiger partial charge < -0.3 is 4.90 Å². The monoisotopic (exact) mass is 535 g/mol. The Labute approximate surface area is 244 Å². The molecule has 4 aromatic rings. The lowest BCUT2D eigenvalue weighted by molar-refractivity contribution is 0.0990. The molecule has 0 bridgehead atoms. The number of hydrogen-bond donors (Lipinski definition) is 0. The third kappa shape index (κ3) is 4.20. The number of anilines is 3. The minimum atomic E-state index is -0.303. The van der Waals surface area contributed by atoms with E-state index in [1.807, 2.05) is 6.07 Å². The van der Waals surface area contributed by atoms with Gasteiger partial charge >= 0.3 is 0 Å². The Bertz CT molecular complexity index is 1750. The maximum Gasteiger partial charge on any atom is 0.197 e. The van der Waals surface area contributed by atoms with Gasteiger partial charge in [-0.05, 0) is 63.9 Å². The molecular formula is C37H34BNO2. The lowest BCUT2D eigenvalue weighted by Crippen LogP contribution is -2.31. The zero-order chi connectivity index (χ0) is 29.2. The SMILES string of the molecule is [B]c1ccc2c(c1)C(=O)/C(=C\c1ccc3c(c1)C(C)(C)c1ccccc1N3c1c(C(C)C)cccc1C(C)C)C2=O. The van der Waals surface area contributed by atoms with Gasteiger partial charge in [-0.25, -0.2) is 0 Å². The molecule has 2 aliphatic rings. The van der Waals surface area contributed by atoms with Crippen molar-refractivity contribution in [3.05, 3.63) is 123 Å². The van der Waals surface area contributed by atoms with Crippen LogP contribution in [0, 0.1) is 0 Å². The van der Waals surface area contributed by atoms with E-state index in [2.05, 4.69) is 101 Å². The molecule has 6 rings (SSSR count). The molecule has 1 heterocycles. The summed E-state index contributed by atoms with van der Waals surface area (Å²) in [5.41, 5.74) is 10.5. The number of para-hydroxylation sites is 2. The Morgan fingerprint density at radius 1 is 0.707 bits per heavy atom. The van der Waals surface area contributed by atoms with Gasteiger partial charge in [0.05, 0.1) is 22.6 Å². The van der Waals surface area contributed by atoms with Crippen LogP contribution in [-0.4, -0.2) is 19.4 Å². The van der Waals surface area contributed by atoms with Gasteiger partial charge in [-0.15, -0.1) is 0 Å². The smallest absolute Gasteiger partial charge is 0.197 e. The Kier molecular flexibility index (Phi) is 6.41. The quantitative estimate of drug-likeness (QED) is 0.150. The van der Waals surface area contributed by atoms with E-state index in [1.54, 1.807) is 24.3 Å². The fraction of sp³-hybridized carbons (Fsp3) is 0.243. The van der Waals surface area contributed by atoms with Crippen molar-refractivity contribution < 1.29 is 9.59 Å². The number of benzene rings is 4. The molecule has 3 nitrogen and oxygen atoms in total. The summed E-state index contributed by atoms with van der Waals surface area (Å²) in [6.45, 7) is 13.5. The molecule has 0 unspecified atom stereocenters. The average Bonchev–Trinajstić information content (AvgIpc) is 3.17. The first-order valence-corrected chi connectivity index (χ1v) is 14.4. The third-order valence-electron chi connectivity index (χ3n) is 8.65. The van der Waals surface area contributed by atoms with Crippen LogP contribution < -0.4 is 10.4 Å². The summed E-state index contributed by atoms with van der Waals surface area (Å²) >= 11 is 0. The van der Waals surface area contributed by atoms with Crippen molar-refractivity contribution in [3.63, 3.8) is 0 Å². The lowest BCUT2D eigenvalue weighted by Gasteiger charge is -2.44. The second-order valence-corrected chi connectivity index (χ2v) is 12.4. The Hall–Kier alpha value is -4.18. The molecule has 0 aromatic heterocycles. The Morgan fingerprint density at radius 2 is 1.34 bits per heavy atom. The van der Waals surface area contributed by atoms with Crippen molar-refractivity contribution in [3.8, 4) is 0 Å². The molecule has 0 fully saturated rings. The second-order valence-electron chi connectivity index (χ2n) is 12.4. The predicted molar refractivity (Wildman–Crippen MR) is 170 cm³/mol. The molecule has 1 aliphatic heterocycles. The number of rotatable bonds is 4. The zero-order valence-corrected chi connectivity index (χ0v) is 24.6. The summed E-state index contributed by atoms with van der Waals surface area (Å²) in [6, 6.07) is 26.5. The summed E-state index contributed by atoms with van der Waals surface area (Å²) < 4.78 is 0. The normalized spacial score (nSPS) is 16.4. The average molecular weight is 535 g/mol. The Balaban J connectivity index is 1.57. The molecule has 1 aliphatic carbocycles. The van der Waals surface area contributed by atoms with E-state index in [0.29, 0.717) is 28.4 Å². The van der Waals surface area contributed by atoms with Crippen LogP contribution in [0.2, 0.25) is 0 Å². The molecule has 0 spiro atoms. The molecule has 0 amide bonds. The van der Waals surface area contributed by atoms with Crippen molar-refractivity contribution >= 4 is 48.0 Å². The number of allylic oxidation sites excluding steroid dienone is 1. The van der Waals surface area contributed by atoms with Gasteiger partial charge in [0.2, 0.25) is 0 Å². The Morgan fingerprint density at radius 3 is 2.02 bits per heavy atom. The summed E-state index contributed by atoms with van der Waals surface area (Å²) in [6.07, 6.45) is 1.74. The van der Waals surface area contributed by atoms with Crippen LogP contribution in [-0.2, 0) is 5.41 Å². The molecule has 41 heavy (non-hydrogen) atoms. The number of ketones is 2. The predicted octanol–water partition coefficient (Wildman–Crippen LogP) is 8.30. The van der Waals surface area contributed by atoms with Gasteiger partial charge in [-0.1, -0.05) is 108 Å². The summed E-state index contributed by atoms with van der Waals surface area (Å²) in [5.74, 6) is 0.164.